The standard InChI is InChI=1S/2C11H12N4O7.2Na/c2*16-1-4-6(17)7(18)10(22-4)14-2-12-5-8(19)13-3-15(9(5)14)11(20)21;;/h2*2-4,6-7,10,16-18H,1H2,(H,20,21);;/q;;2*+1/p-2/t2*4-,6-,7-,10-;;/m11../s1. The van der Waals surface area contributed by atoms with E-state index in [0.717, 1.165) is 34.4 Å². The maximum Gasteiger partial charge on any atom is 1.00 e. The van der Waals surface area contributed by atoms with Crippen molar-refractivity contribution in [1.82, 2.24) is 38.2 Å². The van der Waals surface area contributed by atoms with Gasteiger partial charge in [0.15, 0.2) is 34.8 Å². The van der Waals surface area contributed by atoms with Crippen LogP contribution in [0.15, 0.2) is 34.9 Å². The van der Waals surface area contributed by atoms with Gasteiger partial charge in [0.25, 0.3) is 0 Å². The third kappa shape index (κ3) is 6.54. The van der Waals surface area contributed by atoms with E-state index in [4.69, 9.17) is 19.7 Å². The fourth-order valence-electron chi connectivity index (χ4n) is 4.80. The average molecular weight is 668 g/mol. The molecule has 24 heteroatoms. The number of aliphatic hydroxyl groups is 6. The first-order valence-electron chi connectivity index (χ1n) is 12.5. The molecule has 46 heavy (non-hydrogen) atoms. The van der Waals surface area contributed by atoms with Gasteiger partial charge in [-0.1, -0.05) is 0 Å². The number of hydrogen-bond donors (Lipinski definition) is 6. The molecule has 22 nitrogen and oxygen atoms in total. The van der Waals surface area contributed by atoms with E-state index < -0.39 is 85.6 Å². The van der Waals surface area contributed by atoms with Crippen LogP contribution in [0.25, 0.3) is 22.3 Å². The summed E-state index contributed by atoms with van der Waals surface area (Å²) >= 11 is 0. The van der Waals surface area contributed by atoms with Crippen LogP contribution in [-0.4, -0.2) is 131 Å². The zero-order valence-electron chi connectivity index (χ0n) is 23.9. The number of hydrogen-bond acceptors (Lipinski definition) is 18. The summed E-state index contributed by atoms with van der Waals surface area (Å²) in [6, 6.07) is 0. The maximum atomic E-state index is 11.6. The zero-order valence-corrected chi connectivity index (χ0v) is 27.9. The number of aliphatic hydroxyl groups excluding tert-OH is 6. The Labute approximate surface area is 298 Å². The van der Waals surface area contributed by atoms with E-state index in [9.17, 15) is 49.8 Å². The molecule has 2 aliphatic rings. The number of carboxylic acid groups (broad SMARTS) is 2. The van der Waals surface area contributed by atoms with Crippen LogP contribution in [0.1, 0.15) is 12.5 Å². The Hall–Kier alpha value is -2.68. The molecule has 4 aromatic rings. The van der Waals surface area contributed by atoms with Crippen LogP contribution in [0.4, 0.5) is 9.59 Å². The van der Waals surface area contributed by atoms with Gasteiger partial charge in [0.1, 0.15) is 61.5 Å². The van der Waals surface area contributed by atoms with Crippen molar-refractivity contribution in [3.8, 4) is 0 Å². The predicted octanol–water partition coefficient (Wildman–Crippen LogP) is -13.2. The molecule has 236 valence electrons. The van der Waals surface area contributed by atoms with Crippen LogP contribution < -0.4 is 80.4 Å². The summed E-state index contributed by atoms with van der Waals surface area (Å²) < 4.78 is 13.8. The molecule has 0 bridgehead atoms. The van der Waals surface area contributed by atoms with Crippen LogP contribution in [0, 0.1) is 0 Å². The summed E-state index contributed by atoms with van der Waals surface area (Å²) in [4.78, 5) is 59.8. The first kappa shape index (κ1) is 37.8. The van der Waals surface area contributed by atoms with Gasteiger partial charge in [-0.15, -0.1) is 0 Å². The number of carbonyl (C=O) groups excluding carboxylic acids is 2. The summed E-state index contributed by atoms with van der Waals surface area (Å²) in [5.74, 6) is 0. The molecule has 6 rings (SSSR count). The van der Waals surface area contributed by atoms with E-state index in [0.29, 0.717) is 9.13 Å². The molecule has 6 N–H and O–H groups in total. The molecule has 2 saturated heterocycles. The Bertz CT molecular complexity index is 1710. The molecule has 0 amide bonds. The molecule has 6 heterocycles. The molecule has 4 aromatic heterocycles. The topological polar surface area (TPSA) is 326 Å². The Balaban J connectivity index is 0.000000240. The normalized spacial score (nSPS) is 27.1. The number of aromatic nitrogens is 8. The zero-order chi connectivity index (χ0) is 32.0. The van der Waals surface area contributed by atoms with Crippen LogP contribution in [0.2, 0.25) is 0 Å². The van der Waals surface area contributed by atoms with Gasteiger partial charge in [-0.05, 0) is 0 Å². The first-order chi connectivity index (χ1) is 20.9. The first-order valence-corrected chi connectivity index (χ1v) is 12.5. The van der Waals surface area contributed by atoms with Crippen molar-refractivity contribution in [3.63, 3.8) is 0 Å². The smallest absolute Gasteiger partial charge is 0.529 e. The Kier molecular flexibility index (Phi) is 12.3. The molecular weight excluding hydrogens is 646 g/mol. The summed E-state index contributed by atoms with van der Waals surface area (Å²) in [6.07, 6.45) is -9.90. The van der Waals surface area contributed by atoms with E-state index in [2.05, 4.69) is 19.9 Å². The van der Waals surface area contributed by atoms with Gasteiger partial charge in [-0.3, -0.25) is 27.9 Å². The monoisotopic (exact) mass is 668 g/mol. The maximum absolute atomic E-state index is 11.6. The summed E-state index contributed by atoms with van der Waals surface area (Å²) in [6.45, 7) is -1.09. The molecule has 2 fully saturated rings. The van der Waals surface area contributed by atoms with Crippen molar-refractivity contribution in [3.05, 3.63) is 46.0 Å². The van der Waals surface area contributed by atoms with Crippen molar-refractivity contribution in [1.29, 1.82) is 0 Å². The molecule has 0 saturated carbocycles. The van der Waals surface area contributed by atoms with E-state index in [1.54, 1.807) is 0 Å². The summed E-state index contributed by atoms with van der Waals surface area (Å²) in [5.41, 5.74) is -2.48. The quantitative estimate of drug-likeness (QED) is 0.110. The van der Waals surface area contributed by atoms with Gasteiger partial charge in [0.2, 0.25) is 0 Å². The molecule has 0 aromatic carbocycles. The fourth-order valence-corrected chi connectivity index (χ4v) is 4.80. The molecule has 0 spiro atoms. The minimum Gasteiger partial charge on any atom is -0.529 e. The number of rotatable bonds is 4. The van der Waals surface area contributed by atoms with Gasteiger partial charge in [0, 0.05) is 0 Å². The largest absolute Gasteiger partial charge is 1.00 e. The van der Waals surface area contributed by atoms with Crippen LogP contribution in [-0.2, 0) is 9.47 Å². The van der Waals surface area contributed by atoms with Gasteiger partial charge >= 0.3 is 70.2 Å². The SMILES string of the molecule is O=C([O-])n1cnc(=O)c2ncn([C@@H]3O[C@H](CO)[C@@H](O)[C@H]3O)c21.O=C([O-])n1cnc(=O)c2ncn([C@@H]3O[C@H](CO)[C@@H](O)[C@H]3O)c21.[Na+].[Na+]. The second kappa shape index (κ2) is 15.0. The number of carbonyl (C=O) groups is 2. The fraction of sp³-hybridized carbons (Fsp3) is 0.455. The van der Waals surface area contributed by atoms with Gasteiger partial charge < -0.3 is 59.9 Å². The summed E-state index contributed by atoms with van der Waals surface area (Å²) in [5, 5.41) is 79.9. The summed E-state index contributed by atoms with van der Waals surface area (Å²) in [7, 11) is 0. The van der Waals surface area contributed by atoms with E-state index in [-0.39, 0.29) is 81.4 Å². The van der Waals surface area contributed by atoms with Crippen LogP contribution in [0.5, 0.6) is 0 Å². The molecule has 0 radical (unpaired) electrons. The van der Waals surface area contributed by atoms with E-state index >= 15 is 0 Å². The van der Waals surface area contributed by atoms with Gasteiger partial charge in [-0.2, -0.15) is 9.97 Å². The third-order valence-electron chi connectivity index (χ3n) is 6.95. The second-order valence-electron chi connectivity index (χ2n) is 9.48. The van der Waals surface area contributed by atoms with Gasteiger partial charge in [-0.25, -0.2) is 9.97 Å². The molecular formula is C22H22N8Na2O14. The van der Waals surface area contributed by atoms with Crippen molar-refractivity contribution >= 4 is 34.5 Å². The van der Waals surface area contributed by atoms with Crippen molar-refractivity contribution in [2.24, 2.45) is 0 Å². The molecule has 8 atom stereocenters. The van der Waals surface area contributed by atoms with Crippen molar-refractivity contribution in [2.75, 3.05) is 13.2 Å². The minimum absolute atomic E-state index is 0. The minimum atomic E-state index is -1.66. The Morgan fingerprint density at radius 2 is 1.00 bits per heavy atom. The van der Waals surface area contributed by atoms with Crippen molar-refractivity contribution < 1.29 is 119 Å². The molecule has 0 unspecified atom stereocenters. The third-order valence-corrected chi connectivity index (χ3v) is 6.95. The molecule has 0 aliphatic carbocycles. The molecule has 2 aliphatic heterocycles. The van der Waals surface area contributed by atoms with Gasteiger partial charge in [0.05, 0.1) is 25.9 Å². The van der Waals surface area contributed by atoms with Crippen LogP contribution >= 0.6 is 0 Å². The van der Waals surface area contributed by atoms with Crippen LogP contribution in [0.3, 0.4) is 0 Å². The van der Waals surface area contributed by atoms with E-state index in [1.165, 1.54) is 0 Å². The number of imidazole rings is 2. The number of nitrogens with zero attached hydrogens (tertiary/aromatic N) is 8. The predicted molar refractivity (Wildman–Crippen MR) is 131 cm³/mol. The van der Waals surface area contributed by atoms with E-state index in [1.807, 2.05) is 0 Å². The number of fused-ring (bicyclic) bond motifs is 2. The average Bonchev–Trinajstić information content (AvgIpc) is 3.75. The second-order valence-corrected chi connectivity index (χ2v) is 9.48. The van der Waals surface area contributed by atoms with Crippen molar-refractivity contribution in [2.45, 2.75) is 49.1 Å². The Morgan fingerprint density at radius 1 is 0.652 bits per heavy atom. The number of ether oxygens (including phenoxy) is 2. The Morgan fingerprint density at radius 3 is 1.28 bits per heavy atom.